The zero-order valence-corrected chi connectivity index (χ0v) is 20.0. The summed E-state index contributed by atoms with van der Waals surface area (Å²) in [5.41, 5.74) is 0.684. The summed E-state index contributed by atoms with van der Waals surface area (Å²) in [6.45, 7) is 0.952. The minimum absolute atomic E-state index is 0.126. The second kappa shape index (κ2) is 17.9. The number of amides is 4. The van der Waals surface area contributed by atoms with Gasteiger partial charge in [-0.1, -0.05) is 31.9 Å². The van der Waals surface area contributed by atoms with Gasteiger partial charge in [0.1, 0.15) is 31.5 Å². The topological polar surface area (TPSA) is 205 Å². The molecule has 0 aliphatic carbocycles. The summed E-state index contributed by atoms with van der Waals surface area (Å²) in [5, 5.41) is 35.4. The largest absolute Gasteiger partial charge is 0.485 e. The van der Waals surface area contributed by atoms with Crippen molar-refractivity contribution in [3.8, 4) is 5.75 Å². The second-order valence-electron chi connectivity index (χ2n) is 7.73. The molecule has 1 atom stereocenters. The predicted octanol–water partition coefficient (Wildman–Crippen LogP) is 0.131. The maximum absolute atomic E-state index is 12.7. The Kier molecular flexibility index (Phi) is 15.2. The van der Waals surface area contributed by atoms with Crippen molar-refractivity contribution in [1.29, 1.82) is 0 Å². The first kappa shape index (κ1) is 30.6. The Morgan fingerprint density at radius 1 is 0.917 bits per heavy atom. The number of aliphatic carboxylic acids is 1. The highest BCUT2D eigenvalue weighted by molar-refractivity contribution is 5.89. The molecule has 0 saturated carbocycles. The van der Waals surface area contributed by atoms with E-state index in [0.29, 0.717) is 17.9 Å². The minimum Gasteiger partial charge on any atom is -0.485 e. The van der Waals surface area contributed by atoms with E-state index in [1.54, 1.807) is 24.3 Å². The number of benzene rings is 1. The zero-order chi connectivity index (χ0) is 26.8. The molecule has 1 rings (SSSR count). The number of rotatable bonds is 18. The summed E-state index contributed by atoms with van der Waals surface area (Å²) in [6, 6.07) is 4.80. The highest BCUT2D eigenvalue weighted by Crippen LogP contribution is 2.16. The van der Waals surface area contributed by atoms with E-state index in [9.17, 15) is 19.2 Å². The van der Waals surface area contributed by atoms with Gasteiger partial charge in [-0.05, 0) is 24.1 Å². The normalized spacial score (nSPS) is 11.4. The van der Waals surface area contributed by atoms with Gasteiger partial charge in [-0.15, -0.1) is 0 Å². The fraction of sp³-hybridized carbons (Fsp3) is 0.545. The second-order valence-corrected chi connectivity index (χ2v) is 7.73. The summed E-state index contributed by atoms with van der Waals surface area (Å²) in [4.78, 5) is 55.1. The molecule has 0 aliphatic heterocycles. The van der Waals surface area contributed by atoms with Crippen LogP contribution in [0.2, 0.25) is 0 Å². The fourth-order valence-corrected chi connectivity index (χ4v) is 2.94. The lowest BCUT2D eigenvalue weighted by molar-refractivity contribution is -0.286. The van der Waals surface area contributed by atoms with Crippen molar-refractivity contribution < 1.29 is 49.3 Å². The van der Waals surface area contributed by atoms with E-state index >= 15 is 0 Å². The SMILES string of the molecule is CCCCCNC(=O)C(Cc1ccc(OC(COO)COO)cc1)NC(=O)NCC(=O)NCC(=O)O. The molecule has 1 aromatic rings. The Morgan fingerprint density at radius 2 is 1.58 bits per heavy atom. The van der Waals surface area contributed by atoms with Crippen molar-refractivity contribution in [1.82, 2.24) is 21.3 Å². The molecule has 0 radical (unpaired) electrons. The molecular weight excluding hydrogens is 480 g/mol. The van der Waals surface area contributed by atoms with Gasteiger partial charge in [-0.2, -0.15) is 0 Å². The maximum Gasteiger partial charge on any atom is 0.322 e. The highest BCUT2D eigenvalue weighted by Gasteiger charge is 2.22. The van der Waals surface area contributed by atoms with Crippen molar-refractivity contribution in [2.24, 2.45) is 0 Å². The summed E-state index contributed by atoms with van der Waals surface area (Å²) in [7, 11) is 0. The molecule has 0 spiro atoms. The molecule has 14 heteroatoms. The van der Waals surface area contributed by atoms with Crippen molar-refractivity contribution in [3.63, 3.8) is 0 Å². The molecular formula is C22H34N4O10. The van der Waals surface area contributed by atoms with E-state index in [4.69, 9.17) is 20.4 Å². The van der Waals surface area contributed by atoms with Gasteiger partial charge in [0.15, 0.2) is 6.10 Å². The van der Waals surface area contributed by atoms with Gasteiger partial charge in [0.05, 0.1) is 6.54 Å². The first-order valence-electron chi connectivity index (χ1n) is 11.4. The lowest BCUT2D eigenvalue weighted by Gasteiger charge is -2.20. The van der Waals surface area contributed by atoms with Crippen LogP contribution in [0.3, 0.4) is 0 Å². The summed E-state index contributed by atoms with van der Waals surface area (Å²) < 4.78 is 5.53. The molecule has 7 N–H and O–H groups in total. The third-order valence-electron chi connectivity index (χ3n) is 4.73. The van der Waals surface area contributed by atoms with Gasteiger partial charge in [-0.25, -0.2) is 14.6 Å². The van der Waals surface area contributed by atoms with Crippen LogP contribution in [0, 0.1) is 0 Å². The van der Waals surface area contributed by atoms with Crippen LogP contribution in [0.1, 0.15) is 31.7 Å². The number of carboxylic acid groups (broad SMARTS) is 1. The molecule has 0 aromatic heterocycles. The Labute approximate surface area is 208 Å². The average Bonchev–Trinajstić information content (AvgIpc) is 2.85. The molecule has 202 valence electrons. The van der Waals surface area contributed by atoms with Crippen LogP contribution in [-0.2, 0) is 30.6 Å². The Bertz CT molecular complexity index is 816. The number of carbonyl (C=O) groups excluding carboxylic acids is 3. The van der Waals surface area contributed by atoms with Crippen molar-refractivity contribution in [2.45, 2.75) is 44.8 Å². The molecule has 1 aromatic carbocycles. The third-order valence-corrected chi connectivity index (χ3v) is 4.73. The maximum atomic E-state index is 12.7. The van der Waals surface area contributed by atoms with E-state index in [1.165, 1.54) is 0 Å². The van der Waals surface area contributed by atoms with E-state index < -0.39 is 49.1 Å². The number of urea groups is 1. The smallest absolute Gasteiger partial charge is 0.322 e. The van der Waals surface area contributed by atoms with Gasteiger partial charge in [0.2, 0.25) is 11.8 Å². The number of ether oxygens (including phenoxy) is 1. The summed E-state index contributed by atoms with van der Waals surface area (Å²) in [5.74, 6) is -1.93. The number of nitrogens with one attached hydrogen (secondary N) is 4. The number of carbonyl (C=O) groups is 4. The Morgan fingerprint density at radius 3 is 2.17 bits per heavy atom. The fourth-order valence-electron chi connectivity index (χ4n) is 2.94. The Balaban J connectivity index is 2.77. The summed E-state index contributed by atoms with van der Waals surface area (Å²) >= 11 is 0. The molecule has 0 fully saturated rings. The van der Waals surface area contributed by atoms with Crippen molar-refractivity contribution >= 4 is 23.8 Å². The number of carboxylic acids is 1. The minimum atomic E-state index is -1.22. The predicted molar refractivity (Wildman–Crippen MR) is 125 cm³/mol. The molecule has 0 heterocycles. The van der Waals surface area contributed by atoms with E-state index in [-0.39, 0.29) is 19.6 Å². The van der Waals surface area contributed by atoms with Crippen LogP contribution in [0.5, 0.6) is 5.75 Å². The van der Waals surface area contributed by atoms with E-state index in [1.807, 2.05) is 6.92 Å². The van der Waals surface area contributed by atoms with Gasteiger partial charge in [-0.3, -0.25) is 24.9 Å². The molecule has 0 aliphatic rings. The van der Waals surface area contributed by atoms with Crippen LogP contribution < -0.4 is 26.0 Å². The van der Waals surface area contributed by atoms with Gasteiger partial charge in [0.25, 0.3) is 0 Å². The van der Waals surface area contributed by atoms with Gasteiger partial charge >= 0.3 is 12.0 Å². The van der Waals surface area contributed by atoms with Crippen LogP contribution >= 0.6 is 0 Å². The first-order chi connectivity index (χ1) is 17.3. The number of unbranched alkanes of at least 4 members (excludes halogenated alkanes) is 2. The molecule has 0 bridgehead atoms. The molecule has 0 saturated heterocycles. The monoisotopic (exact) mass is 514 g/mol. The molecule has 4 amide bonds. The molecule has 1 unspecified atom stereocenters. The zero-order valence-electron chi connectivity index (χ0n) is 20.0. The van der Waals surface area contributed by atoms with Gasteiger partial charge in [0, 0.05) is 13.0 Å². The number of hydrogen-bond acceptors (Lipinski definition) is 9. The van der Waals surface area contributed by atoms with Crippen molar-refractivity contribution in [3.05, 3.63) is 29.8 Å². The molecule has 36 heavy (non-hydrogen) atoms. The lowest BCUT2D eigenvalue weighted by Crippen LogP contribution is -2.52. The van der Waals surface area contributed by atoms with Crippen LogP contribution in [0.25, 0.3) is 0 Å². The van der Waals surface area contributed by atoms with Crippen LogP contribution in [-0.4, -0.2) is 84.4 Å². The van der Waals surface area contributed by atoms with Crippen molar-refractivity contribution in [2.75, 3.05) is 32.8 Å². The Hall–Kier alpha value is -3.46. The highest BCUT2D eigenvalue weighted by atomic mass is 17.1. The van der Waals surface area contributed by atoms with Gasteiger partial charge < -0.3 is 31.1 Å². The van der Waals surface area contributed by atoms with E-state index in [2.05, 4.69) is 31.0 Å². The van der Waals surface area contributed by atoms with Crippen LogP contribution in [0.15, 0.2) is 24.3 Å². The molecule has 14 nitrogen and oxygen atoms in total. The van der Waals surface area contributed by atoms with Crippen LogP contribution in [0.4, 0.5) is 4.79 Å². The van der Waals surface area contributed by atoms with E-state index in [0.717, 1.165) is 19.3 Å². The quantitative estimate of drug-likeness (QED) is 0.0801. The first-order valence-corrected chi connectivity index (χ1v) is 11.4. The third kappa shape index (κ3) is 13.4. The number of hydrogen-bond donors (Lipinski definition) is 7. The lowest BCUT2D eigenvalue weighted by atomic mass is 10.0. The summed E-state index contributed by atoms with van der Waals surface area (Å²) in [6.07, 6.45) is 2.06. The standard InChI is InChI=1S/C22H34N4O10/c1-2-3-4-9-23-21(30)18(26-22(31)25-11-19(27)24-12-20(28)29)10-15-5-7-16(8-6-15)36-17(13-34-32)14-35-33/h5-8,17-18,32-33H,2-4,9-14H2,1H3,(H,23,30)(H,24,27)(H,28,29)(H2,25,26,31). The average molecular weight is 515 g/mol.